The van der Waals surface area contributed by atoms with Crippen molar-refractivity contribution in [2.45, 2.75) is 82.5 Å². The fourth-order valence-electron chi connectivity index (χ4n) is 7.58. The highest BCUT2D eigenvalue weighted by atomic mass is 16.3. The van der Waals surface area contributed by atoms with Crippen molar-refractivity contribution < 1.29 is 19.7 Å². The van der Waals surface area contributed by atoms with Gasteiger partial charge in [-0.2, -0.15) is 0 Å². The van der Waals surface area contributed by atoms with Gasteiger partial charge in [-0.15, -0.1) is 0 Å². The topological polar surface area (TPSA) is 73.8 Å². The summed E-state index contributed by atoms with van der Waals surface area (Å²) in [5.41, 5.74) is 0.0357. The van der Waals surface area contributed by atoms with Gasteiger partial charge in [0, 0.05) is 16.7 Å². The van der Waals surface area contributed by atoms with E-state index >= 15 is 0 Å². The molecule has 4 aliphatic rings. The Hall–Kier alpha value is -1.10. The summed E-state index contributed by atoms with van der Waals surface area (Å²) >= 11 is 0. The van der Waals surface area contributed by atoms with E-state index in [1.807, 2.05) is 12.1 Å². The lowest BCUT2D eigenvalue weighted by Crippen LogP contribution is -2.62. The molecule has 0 bridgehead atoms. The summed E-state index contributed by atoms with van der Waals surface area (Å²) in [7, 11) is 0. The van der Waals surface area contributed by atoms with Gasteiger partial charge in [0.1, 0.15) is 5.76 Å². The smallest absolute Gasteiger partial charge is 0.107 e. The summed E-state index contributed by atoms with van der Waals surface area (Å²) in [6, 6.07) is 3.97. The zero-order valence-electron chi connectivity index (χ0n) is 16.4. The summed E-state index contributed by atoms with van der Waals surface area (Å²) in [5, 5.41) is 33.0. The number of fused-ring (bicyclic) bond motifs is 5. The summed E-state index contributed by atoms with van der Waals surface area (Å²) < 4.78 is 5.82. The minimum absolute atomic E-state index is 0.107. The van der Waals surface area contributed by atoms with E-state index in [0.717, 1.165) is 31.4 Å². The molecule has 1 aromatic rings. The first-order valence-corrected chi connectivity index (χ1v) is 10.6. The molecule has 0 amide bonds. The molecule has 0 saturated heterocycles. The van der Waals surface area contributed by atoms with Crippen molar-refractivity contribution in [2.24, 2.45) is 22.7 Å². The number of rotatable bonds is 1. The third kappa shape index (κ3) is 2.15. The third-order valence-corrected chi connectivity index (χ3v) is 9.25. The van der Waals surface area contributed by atoms with Crippen LogP contribution in [0.4, 0.5) is 0 Å². The average molecular weight is 373 g/mol. The molecule has 4 heteroatoms. The van der Waals surface area contributed by atoms with E-state index in [1.165, 1.54) is 5.57 Å². The van der Waals surface area contributed by atoms with Crippen molar-refractivity contribution in [3.8, 4) is 0 Å². The van der Waals surface area contributed by atoms with Crippen LogP contribution in [0.25, 0.3) is 0 Å². The standard InChI is InChI=1S/C23H32O4/c1-21-9-7-16-17(23(21,26)10-8-20(21)25)6-5-14-12-15(24)13-18(22(14,16)2)19-4-3-11-27-19/h3-5,11,15-18,20,24-26H,6-10,12-13H2,1-2H3/t15?,16-,17-,18?,20?,21-,22+,23-/m1/s1. The lowest BCUT2D eigenvalue weighted by Gasteiger charge is -2.62. The molecule has 3 unspecified atom stereocenters. The van der Waals surface area contributed by atoms with E-state index in [0.29, 0.717) is 25.2 Å². The summed E-state index contributed by atoms with van der Waals surface area (Å²) in [5.74, 6) is 1.60. The molecule has 1 aromatic heterocycles. The van der Waals surface area contributed by atoms with Gasteiger partial charge in [0.05, 0.1) is 24.1 Å². The SMILES string of the molecule is C[C@]12C(=CC[C@@H]3[C@H]1CC[C@]1(C)C(O)CC[C@@]31O)CC(O)CC2c1ccco1. The molecule has 5 rings (SSSR count). The minimum Gasteiger partial charge on any atom is -0.469 e. The van der Waals surface area contributed by atoms with Gasteiger partial charge in [-0.3, -0.25) is 0 Å². The normalized spacial score (nSPS) is 51.9. The number of allylic oxidation sites excluding steroid dienone is 1. The molecule has 4 nitrogen and oxygen atoms in total. The van der Waals surface area contributed by atoms with Crippen molar-refractivity contribution in [3.05, 3.63) is 35.8 Å². The predicted molar refractivity (Wildman–Crippen MR) is 102 cm³/mol. The summed E-state index contributed by atoms with van der Waals surface area (Å²) in [6.45, 7) is 4.43. The average Bonchev–Trinajstić information content (AvgIpc) is 3.24. The Morgan fingerprint density at radius 3 is 2.67 bits per heavy atom. The van der Waals surface area contributed by atoms with Crippen molar-refractivity contribution >= 4 is 0 Å². The Kier molecular flexibility index (Phi) is 3.80. The van der Waals surface area contributed by atoms with Crippen molar-refractivity contribution in [3.63, 3.8) is 0 Å². The minimum atomic E-state index is -0.801. The van der Waals surface area contributed by atoms with Crippen molar-refractivity contribution in [2.75, 3.05) is 0 Å². The first-order valence-electron chi connectivity index (χ1n) is 10.6. The zero-order chi connectivity index (χ0) is 19.0. The number of hydrogen-bond donors (Lipinski definition) is 3. The van der Waals surface area contributed by atoms with Gasteiger partial charge in [0.25, 0.3) is 0 Å². The van der Waals surface area contributed by atoms with Crippen LogP contribution >= 0.6 is 0 Å². The van der Waals surface area contributed by atoms with Crippen molar-refractivity contribution in [1.29, 1.82) is 0 Å². The summed E-state index contributed by atoms with van der Waals surface area (Å²) in [4.78, 5) is 0. The maximum absolute atomic E-state index is 11.8. The van der Waals surface area contributed by atoms with Crippen LogP contribution in [0.15, 0.2) is 34.5 Å². The van der Waals surface area contributed by atoms with E-state index in [9.17, 15) is 15.3 Å². The molecule has 3 saturated carbocycles. The van der Waals surface area contributed by atoms with Crippen molar-refractivity contribution in [1.82, 2.24) is 0 Å². The van der Waals surface area contributed by atoms with Crippen LogP contribution in [-0.2, 0) is 0 Å². The monoisotopic (exact) mass is 372 g/mol. The molecule has 3 fully saturated rings. The molecular formula is C23H32O4. The van der Waals surface area contributed by atoms with E-state index < -0.39 is 17.1 Å². The zero-order valence-corrected chi connectivity index (χ0v) is 16.4. The van der Waals surface area contributed by atoms with Gasteiger partial charge in [0.15, 0.2) is 0 Å². The van der Waals surface area contributed by atoms with Crippen LogP contribution in [0, 0.1) is 22.7 Å². The van der Waals surface area contributed by atoms with Crippen LogP contribution in [-0.4, -0.2) is 33.1 Å². The van der Waals surface area contributed by atoms with Gasteiger partial charge < -0.3 is 19.7 Å². The Bertz CT molecular complexity index is 754. The quantitative estimate of drug-likeness (QED) is 0.656. The molecule has 4 aliphatic carbocycles. The lowest BCUT2D eigenvalue weighted by molar-refractivity contribution is -0.191. The Morgan fingerprint density at radius 2 is 1.93 bits per heavy atom. The molecular weight excluding hydrogens is 340 g/mol. The van der Waals surface area contributed by atoms with Crippen LogP contribution in [0.5, 0.6) is 0 Å². The highest BCUT2D eigenvalue weighted by molar-refractivity contribution is 5.33. The maximum atomic E-state index is 11.8. The predicted octanol–water partition coefficient (Wildman–Crippen LogP) is 3.77. The molecule has 0 aliphatic heterocycles. The molecule has 148 valence electrons. The van der Waals surface area contributed by atoms with E-state index in [4.69, 9.17) is 4.42 Å². The molecule has 3 N–H and O–H groups in total. The Labute approximate surface area is 161 Å². The second kappa shape index (κ2) is 5.71. The third-order valence-electron chi connectivity index (χ3n) is 9.25. The fourth-order valence-corrected chi connectivity index (χ4v) is 7.58. The second-order valence-electron chi connectivity index (χ2n) is 10.1. The van der Waals surface area contributed by atoms with Gasteiger partial charge in [-0.05, 0) is 68.9 Å². The molecule has 0 spiro atoms. The highest BCUT2D eigenvalue weighted by Gasteiger charge is 2.67. The van der Waals surface area contributed by atoms with Crippen LogP contribution < -0.4 is 0 Å². The highest BCUT2D eigenvalue weighted by Crippen LogP contribution is 2.68. The number of aliphatic hydroxyl groups excluding tert-OH is 2. The Balaban J connectivity index is 1.61. The molecule has 0 radical (unpaired) electrons. The van der Waals surface area contributed by atoms with E-state index in [-0.39, 0.29) is 23.4 Å². The molecule has 0 aromatic carbocycles. The number of furan rings is 1. The van der Waals surface area contributed by atoms with Gasteiger partial charge in [-0.1, -0.05) is 25.5 Å². The van der Waals surface area contributed by atoms with E-state index in [1.54, 1.807) is 6.26 Å². The van der Waals surface area contributed by atoms with Gasteiger partial charge in [-0.25, -0.2) is 0 Å². The molecule has 1 heterocycles. The summed E-state index contributed by atoms with van der Waals surface area (Å²) in [6.07, 6.45) is 8.85. The number of hydrogen-bond acceptors (Lipinski definition) is 4. The van der Waals surface area contributed by atoms with Gasteiger partial charge >= 0.3 is 0 Å². The first kappa shape index (κ1) is 18.0. The maximum Gasteiger partial charge on any atom is 0.107 e. The van der Waals surface area contributed by atoms with Crippen LogP contribution in [0.3, 0.4) is 0 Å². The first-order chi connectivity index (χ1) is 12.8. The van der Waals surface area contributed by atoms with E-state index in [2.05, 4.69) is 19.9 Å². The van der Waals surface area contributed by atoms with Gasteiger partial charge in [0.2, 0.25) is 0 Å². The second-order valence-corrected chi connectivity index (χ2v) is 10.1. The largest absolute Gasteiger partial charge is 0.469 e. The fraction of sp³-hybridized carbons (Fsp3) is 0.739. The molecule has 8 atom stereocenters. The van der Waals surface area contributed by atoms with Crippen LogP contribution in [0.2, 0.25) is 0 Å². The lowest BCUT2D eigenvalue weighted by atomic mass is 9.44. The molecule has 27 heavy (non-hydrogen) atoms. The Morgan fingerprint density at radius 1 is 1.11 bits per heavy atom. The van der Waals surface area contributed by atoms with Crippen LogP contribution in [0.1, 0.15) is 70.5 Å². The number of aliphatic hydroxyl groups is 3.